The molecule has 0 radical (unpaired) electrons. The summed E-state index contributed by atoms with van der Waals surface area (Å²) in [6, 6.07) is 3.66. The number of halogens is 1. The highest BCUT2D eigenvalue weighted by Crippen LogP contribution is 2.19. The zero-order valence-corrected chi connectivity index (χ0v) is 21.1. The maximum absolute atomic E-state index is 14.3. The number of nitrogens with two attached hydrogens (primary N) is 1. The van der Waals surface area contributed by atoms with Gasteiger partial charge in [-0.15, -0.1) is 0 Å². The molecule has 0 saturated carbocycles. The highest BCUT2D eigenvalue weighted by Gasteiger charge is 2.37. The topological polar surface area (TPSA) is 142 Å². The van der Waals surface area contributed by atoms with Crippen LogP contribution in [-0.2, 0) is 25.5 Å². The van der Waals surface area contributed by atoms with E-state index in [9.17, 15) is 23.6 Å². The molecule has 3 unspecified atom stereocenters. The summed E-state index contributed by atoms with van der Waals surface area (Å²) >= 11 is 0. The molecular formula is C25H33FN4O6. The zero-order chi connectivity index (χ0) is 27.0. The molecule has 3 atom stereocenters. The van der Waals surface area contributed by atoms with Crippen molar-refractivity contribution in [1.82, 2.24) is 9.88 Å². The maximum atomic E-state index is 14.3. The SMILES string of the molecule is CC.CCOC1OC(=O)CC1NC(=O)C(C)n1cc(F)cc(NC(=O)c2ccc(N)c(CC)c2)c1=O. The maximum Gasteiger partial charge on any atom is 0.310 e. The second-order valence-electron chi connectivity index (χ2n) is 7.81. The summed E-state index contributed by atoms with van der Waals surface area (Å²) in [5, 5.41) is 5.01. The van der Waals surface area contributed by atoms with Crippen LogP contribution in [0.5, 0.6) is 0 Å². The molecule has 196 valence electrons. The molecule has 1 aromatic carbocycles. The number of benzene rings is 1. The van der Waals surface area contributed by atoms with Crippen molar-refractivity contribution < 1.29 is 28.2 Å². The van der Waals surface area contributed by atoms with Crippen LogP contribution in [-0.4, -0.2) is 41.3 Å². The van der Waals surface area contributed by atoms with Crippen molar-refractivity contribution in [2.75, 3.05) is 17.7 Å². The summed E-state index contributed by atoms with van der Waals surface area (Å²) in [5.41, 5.74) is 6.30. The summed E-state index contributed by atoms with van der Waals surface area (Å²) in [4.78, 5) is 50.0. The van der Waals surface area contributed by atoms with Crippen LogP contribution in [0.25, 0.3) is 0 Å². The van der Waals surface area contributed by atoms with E-state index in [1.54, 1.807) is 19.1 Å². The van der Waals surface area contributed by atoms with E-state index >= 15 is 0 Å². The predicted octanol–water partition coefficient (Wildman–Crippen LogP) is 2.77. The Bertz CT molecular complexity index is 1170. The number of ether oxygens (including phenoxy) is 2. The first kappa shape index (κ1) is 28.5. The molecule has 2 heterocycles. The van der Waals surface area contributed by atoms with E-state index in [4.69, 9.17) is 15.2 Å². The number of aryl methyl sites for hydroxylation is 1. The summed E-state index contributed by atoms with van der Waals surface area (Å²) in [5.74, 6) is -2.63. The van der Waals surface area contributed by atoms with Gasteiger partial charge in [0.1, 0.15) is 23.6 Å². The highest BCUT2D eigenvalue weighted by molar-refractivity contribution is 6.04. The Morgan fingerprint density at radius 3 is 2.58 bits per heavy atom. The van der Waals surface area contributed by atoms with Gasteiger partial charge in [-0.3, -0.25) is 23.7 Å². The largest absolute Gasteiger partial charge is 0.433 e. The van der Waals surface area contributed by atoms with Gasteiger partial charge >= 0.3 is 5.97 Å². The van der Waals surface area contributed by atoms with Crippen LogP contribution in [0.1, 0.15) is 63.0 Å². The minimum Gasteiger partial charge on any atom is -0.433 e. The lowest BCUT2D eigenvalue weighted by atomic mass is 10.1. The molecule has 10 nitrogen and oxygen atoms in total. The van der Waals surface area contributed by atoms with E-state index in [0.717, 1.165) is 22.4 Å². The highest BCUT2D eigenvalue weighted by atomic mass is 19.1. The second kappa shape index (κ2) is 12.8. The molecule has 0 spiro atoms. The molecule has 2 amide bonds. The molecule has 11 heteroatoms. The van der Waals surface area contributed by atoms with Crippen molar-refractivity contribution in [2.45, 2.75) is 65.8 Å². The zero-order valence-electron chi connectivity index (χ0n) is 21.1. The molecule has 36 heavy (non-hydrogen) atoms. The average molecular weight is 505 g/mol. The lowest BCUT2D eigenvalue weighted by Gasteiger charge is -2.22. The molecule has 1 aromatic heterocycles. The number of rotatable bonds is 8. The average Bonchev–Trinajstić information content (AvgIpc) is 3.20. The first-order valence-electron chi connectivity index (χ1n) is 11.9. The predicted molar refractivity (Wildman–Crippen MR) is 133 cm³/mol. The fourth-order valence-corrected chi connectivity index (χ4v) is 3.59. The van der Waals surface area contributed by atoms with Gasteiger partial charge in [-0.1, -0.05) is 20.8 Å². The number of nitrogens with one attached hydrogen (secondary N) is 2. The minimum atomic E-state index is -1.15. The van der Waals surface area contributed by atoms with E-state index in [1.165, 1.54) is 13.0 Å². The van der Waals surface area contributed by atoms with E-state index < -0.39 is 47.5 Å². The number of cyclic esters (lactones) is 1. The van der Waals surface area contributed by atoms with Crippen LogP contribution in [0.2, 0.25) is 0 Å². The van der Waals surface area contributed by atoms with Crippen LogP contribution in [0.15, 0.2) is 35.3 Å². The van der Waals surface area contributed by atoms with Crippen LogP contribution in [0, 0.1) is 5.82 Å². The Morgan fingerprint density at radius 1 is 1.25 bits per heavy atom. The molecule has 1 aliphatic rings. The molecular weight excluding hydrogens is 471 g/mol. The monoisotopic (exact) mass is 504 g/mol. The summed E-state index contributed by atoms with van der Waals surface area (Å²) in [6.45, 7) is 9.25. The van der Waals surface area contributed by atoms with Gasteiger partial charge in [0.2, 0.25) is 12.2 Å². The van der Waals surface area contributed by atoms with Crippen molar-refractivity contribution in [2.24, 2.45) is 0 Å². The van der Waals surface area contributed by atoms with Crippen molar-refractivity contribution in [3.63, 3.8) is 0 Å². The molecule has 1 fully saturated rings. The quantitative estimate of drug-likeness (QED) is 0.371. The number of carbonyl (C=O) groups is 3. The Hall–Kier alpha value is -3.73. The Morgan fingerprint density at radius 2 is 1.94 bits per heavy atom. The minimum absolute atomic E-state index is 0.0934. The van der Waals surface area contributed by atoms with E-state index in [1.807, 2.05) is 20.8 Å². The molecule has 4 N–H and O–H groups in total. The number of amides is 2. The van der Waals surface area contributed by atoms with Crippen LogP contribution >= 0.6 is 0 Å². The van der Waals surface area contributed by atoms with E-state index in [0.29, 0.717) is 12.1 Å². The number of hydrogen-bond donors (Lipinski definition) is 3. The number of nitrogen functional groups attached to an aromatic ring is 1. The van der Waals surface area contributed by atoms with E-state index in [2.05, 4.69) is 10.6 Å². The van der Waals surface area contributed by atoms with Gasteiger partial charge in [-0.2, -0.15) is 0 Å². The van der Waals surface area contributed by atoms with Gasteiger partial charge in [-0.25, -0.2) is 4.39 Å². The number of nitrogens with zero attached hydrogens (tertiary/aromatic N) is 1. The first-order chi connectivity index (χ1) is 17.1. The number of hydrogen-bond acceptors (Lipinski definition) is 7. The Labute approximate surface area is 209 Å². The van der Waals surface area contributed by atoms with Gasteiger partial charge < -0.3 is 25.8 Å². The third-order valence-electron chi connectivity index (χ3n) is 5.46. The van der Waals surface area contributed by atoms with Gasteiger partial charge in [0.25, 0.3) is 11.5 Å². The van der Waals surface area contributed by atoms with Crippen LogP contribution < -0.4 is 21.9 Å². The molecule has 3 rings (SSSR count). The first-order valence-corrected chi connectivity index (χ1v) is 11.9. The number of pyridine rings is 1. The Balaban J connectivity index is 0.00000222. The smallest absolute Gasteiger partial charge is 0.310 e. The van der Waals surface area contributed by atoms with Gasteiger partial charge in [0.05, 0.1) is 6.42 Å². The normalized spacial score (nSPS) is 17.4. The third kappa shape index (κ3) is 6.69. The summed E-state index contributed by atoms with van der Waals surface area (Å²) < 4.78 is 25.5. The lowest BCUT2D eigenvalue weighted by Crippen LogP contribution is -2.45. The van der Waals surface area contributed by atoms with Crippen molar-refractivity contribution in [3.8, 4) is 0 Å². The number of esters is 1. The van der Waals surface area contributed by atoms with Crippen molar-refractivity contribution in [3.05, 3.63) is 57.8 Å². The fourth-order valence-electron chi connectivity index (χ4n) is 3.59. The second-order valence-corrected chi connectivity index (χ2v) is 7.81. The van der Waals surface area contributed by atoms with Gasteiger partial charge in [-0.05, 0) is 44.0 Å². The summed E-state index contributed by atoms with van der Waals surface area (Å²) in [7, 11) is 0. The summed E-state index contributed by atoms with van der Waals surface area (Å²) in [6.07, 6.45) is 0.440. The van der Waals surface area contributed by atoms with E-state index in [-0.39, 0.29) is 24.3 Å². The van der Waals surface area contributed by atoms with Gasteiger partial charge in [0, 0.05) is 30.1 Å². The fraction of sp³-hybridized carbons (Fsp3) is 0.440. The molecule has 1 aliphatic heterocycles. The number of anilines is 2. The lowest BCUT2D eigenvalue weighted by molar-refractivity contribution is -0.164. The standard InChI is InChI=1S/C23H27FN4O6.C2H6/c1-4-13-8-14(6-7-16(13)25)21(31)26-17-9-15(24)11-28(22(17)32)12(3)20(30)27-18-10-19(29)34-23(18)33-5-2;1-2/h6-9,11-12,18,23H,4-5,10,25H2,1-3H3,(H,26,31)(H,27,30);1-2H3. The molecule has 0 aliphatic carbocycles. The third-order valence-corrected chi connectivity index (χ3v) is 5.46. The number of aromatic nitrogens is 1. The number of carbonyl (C=O) groups excluding carboxylic acids is 3. The molecule has 2 aromatic rings. The van der Waals surface area contributed by atoms with Crippen molar-refractivity contribution in [1.29, 1.82) is 0 Å². The molecule has 1 saturated heterocycles. The molecule has 0 bridgehead atoms. The van der Waals surface area contributed by atoms with Crippen LogP contribution in [0.4, 0.5) is 15.8 Å². The Kier molecular flexibility index (Phi) is 10.2. The van der Waals surface area contributed by atoms with Gasteiger partial charge in [0.15, 0.2) is 0 Å². The van der Waals surface area contributed by atoms with Crippen LogP contribution in [0.3, 0.4) is 0 Å². The van der Waals surface area contributed by atoms with Crippen molar-refractivity contribution >= 4 is 29.2 Å².